The molecule has 0 radical (unpaired) electrons. The van der Waals surface area contributed by atoms with Gasteiger partial charge in [-0.25, -0.2) is 19.9 Å². The van der Waals surface area contributed by atoms with Gasteiger partial charge in [-0.1, -0.05) is 121 Å². The van der Waals surface area contributed by atoms with Gasteiger partial charge in [0.05, 0.1) is 110 Å². The van der Waals surface area contributed by atoms with Gasteiger partial charge in [-0.05, 0) is 234 Å². The fourth-order valence-corrected chi connectivity index (χ4v) is 21.8. The number of fused-ring (bicyclic) bond motifs is 6. The fraction of sp³-hybridized carbons (Fsp3) is 0.228. The number of carbonyl (C=O) groups is 9. The minimum atomic E-state index is -0.539. The highest BCUT2D eigenvalue weighted by atomic mass is 32.1. The van der Waals surface area contributed by atoms with Crippen LogP contribution in [0.3, 0.4) is 0 Å². The molecule has 3 atom stereocenters. The largest absolute Gasteiger partial charge is 0.497 e. The molecule has 18 aromatic rings. The molecule has 0 saturated heterocycles. The second-order valence-corrected chi connectivity index (χ2v) is 41.6. The summed E-state index contributed by atoms with van der Waals surface area (Å²) in [4.78, 5) is 146. The summed E-state index contributed by atoms with van der Waals surface area (Å²) in [6.45, 7) is 21.8. The smallest absolute Gasteiger partial charge is 0.254 e. The van der Waals surface area contributed by atoms with E-state index in [1.54, 1.807) is 102 Å². The van der Waals surface area contributed by atoms with E-state index in [0.29, 0.717) is 100 Å². The highest BCUT2D eigenvalue weighted by Gasteiger charge is 2.38. The summed E-state index contributed by atoms with van der Waals surface area (Å²) in [5.74, 6) is 1.53. The summed E-state index contributed by atoms with van der Waals surface area (Å²) in [5.41, 5.74) is 34.8. The van der Waals surface area contributed by atoms with E-state index < -0.39 is 17.7 Å². The summed E-state index contributed by atoms with van der Waals surface area (Å²) in [6.07, 6.45) is 14.6. The Balaban J connectivity index is 0.000000126. The molecule has 3 aliphatic heterocycles. The molecular weight excluding hydrogens is 1940 g/mol. The van der Waals surface area contributed by atoms with E-state index in [1.165, 1.54) is 45.1 Å². The Hall–Kier alpha value is -16.6. The number of aryl methyl sites for hydroxylation is 8. The second-order valence-electron chi connectivity index (χ2n) is 36.9. The molecule has 0 bridgehead atoms. The highest BCUT2D eigenvalue weighted by molar-refractivity contribution is 7.13. The number of nitrogens with zero attached hydrogens (tertiary/aromatic N) is 10. The van der Waals surface area contributed by atoms with Crippen molar-refractivity contribution in [1.82, 2.24) is 47.9 Å². The highest BCUT2D eigenvalue weighted by Crippen LogP contribution is 2.42. The van der Waals surface area contributed by atoms with Crippen LogP contribution in [-0.4, -0.2) is 121 Å². The number of ether oxygens (including phenoxy) is 1. The SMILES string of the molecule is COc1ccc2c(c1)NC(=O)C(c1nc3ccc(C)cn3c1NCc1cnco1)C2.Cc1ccc(CN(CC(=O)Cc2sc(C)c(C)c2C(N)=O)C(=O)c2ccccc2)cc1.Cc1ccc2c(c1)NC(=O)C(c1nc3ccc(C)cn3c1NCc1cccs1)C2.Cc1ccc2c(c1)NC(=O)C(c1nc3ccc(C)cn3c1NCc1cncs1)C2.Cc1sc(CC(=O)CN(Cc2ccco2)C(=O)c2ccccc2)c(C(N)=O)c1C. The summed E-state index contributed by atoms with van der Waals surface area (Å²) < 4.78 is 22.1. The molecule has 12 aromatic heterocycles. The molecule has 7 amide bonds. The molecule has 34 heteroatoms. The minimum absolute atomic E-state index is 0.00222. The van der Waals surface area contributed by atoms with E-state index in [0.717, 1.165) is 144 Å². The number of carbonyl (C=O) groups excluding carboxylic acids is 9. The third kappa shape index (κ3) is 24.3. The number of imidazole rings is 3. The summed E-state index contributed by atoms with van der Waals surface area (Å²) in [5, 5.41) is 21.7. The van der Waals surface area contributed by atoms with Crippen LogP contribution < -0.4 is 48.1 Å². The fourth-order valence-electron chi connectivity index (χ4n) is 18.2. The molecule has 6 aromatic carbocycles. The number of amides is 7. The van der Waals surface area contributed by atoms with E-state index in [2.05, 4.69) is 114 Å². The number of thiazole rings is 1. The number of pyridine rings is 3. The van der Waals surface area contributed by atoms with Crippen molar-refractivity contribution in [2.45, 2.75) is 152 Å². The van der Waals surface area contributed by atoms with E-state index >= 15 is 0 Å². The van der Waals surface area contributed by atoms with E-state index in [-0.39, 0.29) is 85.4 Å². The lowest BCUT2D eigenvalue weighted by molar-refractivity contribution is -0.120. The molecule has 3 unspecified atom stereocenters. The van der Waals surface area contributed by atoms with Crippen LogP contribution in [0.2, 0.25) is 0 Å². The number of methoxy groups -OCH3 is 1. The second kappa shape index (κ2) is 46.2. The molecule has 754 valence electrons. The quantitative estimate of drug-likeness (QED) is 0.0216. The maximum atomic E-state index is 13.1. The molecule has 0 fully saturated rings. The first kappa shape index (κ1) is 103. The van der Waals surface area contributed by atoms with Gasteiger partial charge in [-0.3, -0.25) is 61.3 Å². The predicted octanol–water partition coefficient (Wildman–Crippen LogP) is 20.5. The van der Waals surface area contributed by atoms with Crippen molar-refractivity contribution in [3.8, 4) is 5.75 Å². The van der Waals surface area contributed by atoms with E-state index in [1.807, 2.05) is 185 Å². The van der Waals surface area contributed by atoms with Gasteiger partial charge < -0.3 is 66.7 Å². The molecule has 30 nitrogen and oxygen atoms in total. The molecular formula is C114H112N18O12S4. The van der Waals surface area contributed by atoms with Crippen molar-refractivity contribution in [3.05, 3.63) is 402 Å². The minimum Gasteiger partial charge on any atom is -0.497 e. The first-order valence-electron chi connectivity index (χ1n) is 48.2. The number of thiophene rings is 3. The number of anilines is 6. The number of hydrogen-bond acceptors (Lipinski definition) is 24. The van der Waals surface area contributed by atoms with Crippen LogP contribution in [0.25, 0.3) is 16.9 Å². The molecule has 148 heavy (non-hydrogen) atoms. The number of nitrogens with one attached hydrogen (secondary N) is 6. The molecule has 10 N–H and O–H groups in total. The Kier molecular flexibility index (Phi) is 32.1. The number of oxazole rings is 1. The number of ketones is 2. The van der Waals surface area contributed by atoms with Crippen LogP contribution in [0.4, 0.5) is 34.5 Å². The van der Waals surface area contributed by atoms with Crippen LogP contribution in [-0.2, 0) is 88.8 Å². The number of furan rings is 1. The lowest BCUT2D eigenvalue weighted by Gasteiger charge is -2.24. The normalized spacial score (nSPS) is 13.8. The molecule has 21 rings (SSSR count). The van der Waals surface area contributed by atoms with Gasteiger partial charge in [-0.15, -0.1) is 45.3 Å². The van der Waals surface area contributed by atoms with Crippen molar-refractivity contribution in [3.63, 3.8) is 0 Å². The molecule has 0 aliphatic carbocycles. The van der Waals surface area contributed by atoms with Gasteiger partial charge in [-0.2, -0.15) is 0 Å². The third-order valence-corrected chi connectivity index (χ3v) is 30.0. The van der Waals surface area contributed by atoms with Crippen molar-refractivity contribution in [1.29, 1.82) is 0 Å². The zero-order chi connectivity index (χ0) is 104. The number of hydrogen-bond donors (Lipinski definition) is 8. The first-order valence-corrected chi connectivity index (χ1v) is 51.6. The average Bonchev–Trinajstić information content (AvgIpc) is 1.61. The van der Waals surface area contributed by atoms with Crippen molar-refractivity contribution < 1.29 is 56.7 Å². The van der Waals surface area contributed by atoms with E-state index in [9.17, 15) is 43.2 Å². The monoisotopic (exact) mass is 2050 g/mol. The summed E-state index contributed by atoms with van der Waals surface area (Å²) in [7, 11) is 1.61. The average molecular weight is 2050 g/mol. The van der Waals surface area contributed by atoms with Crippen LogP contribution in [0.5, 0.6) is 5.75 Å². The van der Waals surface area contributed by atoms with Gasteiger partial charge in [0.15, 0.2) is 18.0 Å². The predicted molar refractivity (Wildman–Crippen MR) is 580 cm³/mol. The van der Waals surface area contributed by atoms with E-state index in [4.69, 9.17) is 40.0 Å². The molecule has 15 heterocycles. The Morgan fingerprint density at radius 1 is 0.446 bits per heavy atom. The number of primary amides is 2. The Labute approximate surface area is 871 Å². The Morgan fingerprint density at radius 3 is 1.30 bits per heavy atom. The Bertz CT molecular complexity index is 7730. The maximum Gasteiger partial charge on any atom is 0.254 e. The molecule has 0 spiro atoms. The standard InChI is InChI=1S/C25H26N2O3S.C23H22N4OS.C22H21N5O3.C22H21N5OS.C22H22N2O4S/c1-16-9-11-19(12-10-16)14-27(25(30)20-7-5-4-6-8-20)15-21(28)13-22-23(24(26)29)17(2)18(3)31-22;1-14-5-7-16-11-18(23(28)25-19(16)10-14)21-22(24-12-17-4-3-9-29-17)27-13-15(2)6-8-20(27)26-21;1-13-3-6-19-26-20(21(27(19)11-13)24-10-16-9-23-12-30-16)17-7-14-4-5-15(29-2)8-18(14)25-22(17)28;1-13-3-5-15-8-17(22(28)25-18(15)7-13)20-21(24-10-16-9-23-12-29-16)27-11-14(2)4-6-19(27)26-20;1-14-15(2)29-19(20(14)21(23)26)11-17(25)12-24(13-18-9-6-10-28-18)22(27)16-7-4-3-5-8-16/h4-12H,13-15H2,1-3H3,(H2,26,29);3-10,13,18,24H,11-12H2,1-2H3,(H,25,28);3-6,8-9,11-12,17,24H,7,10H2,1-2H3,(H,25,28);3-7,9,11-12,17,24H,8,10H2,1-2H3,(H,25,28);3-10H,11-13H2,1-2H3,(H2,23,26). The van der Waals surface area contributed by atoms with Gasteiger partial charge in [0, 0.05) is 108 Å². The summed E-state index contributed by atoms with van der Waals surface area (Å²) in [6, 6.07) is 63.5. The zero-order valence-electron chi connectivity index (χ0n) is 83.6. The summed E-state index contributed by atoms with van der Waals surface area (Å²) >= 11 is 6.12. The van der Waals surface area contributed by atoms with Crippen molar-refractivity contribution >= 4 is 150 Å². The lowest BCUT2D eigenvalue weighted by Crippen LogP contribution is -2.36. The topological polar surface area (TPSA) is 398 Å². The van der Waals surface area contributed by atoms with Gasteiger partial charge in [0.1, 0.15) is 51.7 Å². The van der Waals surface area contributed by atoms with Crippen LogP contribution in [0.15, 0.2) is 264 Å². The number of aromatic nitrogens is 8. The maximum absolute atomic E-state index is 13.1. The van der Waals surface area contributed by atoms with Crippen LogP contribution in [0.1, 0.15) is 184 Å². The van der Waals surface area contributed by atoms with Crippen LogP contribution in [0, 0.1) is 69.2 Å². The lowest BCUT2D eigenvalue weighted by atomic mass is 9.90. The third-order valence-electron chi connectivity index (χ3n) is 25.9. The Morgan fingerprint density at radius 2 is 0.885 bits per heavy atom. The van der Waals surface area contributed by atoms with Crippen molar-refractivity contribution in [2.75, 3.05) is 52.1 Å². The zero-order valence-corrected chi connectivity index (χ0v) is 86.9. The first-order chi connectivity index (χ1) is 71.4. The van der Waals surface area contributed by atoms with Gasteiger partial charge in [0.2, 0.25) is 29.5 Å². The number of benzene rings is 6. The number of nitrogens with two attached hydrogens (primary N) is 2. The van der Waals surface area contributed by atoms with Crippen LogP contribution >= 0.6 is 45.3 Å². The number of rotatable bonds is 29. The van der Waals surface area contributed by atoms with Gasteiger partial charge >= 0.3 is 0 Å². The number of Topliss-reactive ketones (excluding diaryl/α,β-unsaturated/α-hetero) is 2. The molecule has 3 aliphatic rings. The molecule has 0 saturated carbocycles. The van der Waals surface area contributed by atoms with Crippen molar-refractivity contribution in [2.24, 2.45) is 11.5 Å². The van der Waals surface area contributed by atoms with Gasteiger partial charge in [0.25, 0.3) is 11.8 Å².